The Morgan fingerprint density at radius 2 is 2.06 bits per heavy atom. The molecule has 1 heterocycles. The highest BCUT2D eigenvalue weighted by molar-refractivity contribution is 5.40. The summed E-state index contributed by atoms with van der Waals surface area (Å²) in [6.45, 7) is 3.76. The number of rotatable bonds is 5. The van der Waals surface area contributed by atoms with Crippen molar-refractivity contribution in [3.63, 3.8) is 0 Å². The number of hydrogen-bond donors (Lipinski definition) is 1. The molecule has 1 N–H and O–H groups in total. The van der Waals surface area contributed by atoms with Gasteiger partial charge < -0.3 is 14.8 Å². The van der Waals surface area contributed by atoms with E-state index in [2.05, 4.69) is 12.2 Å². The van der Waals surface area contributed by atoms with Crippen molar-refractivity contribution in [1.29, 1.82) is 0 Å². The zero-order valence-electron chi connectivity index (χ0n) is 10.9. The summed E-state index contributed by atoms with van der Waals surface area (Å²) >= 11 is 0. The Hall–Kier alpha value is -1.22. The molecule has 2 aliphatic rings. The first kappa shape index (κ1) is 11.8. The Morgan fingerprint density at radius 3 is 2.83 bits per heavy atom. The van der Waals surface area contributed by atoms with E-state index in [1.807, 2.05) is 24.3 Å². The summed E-state index contributed by atoms with van der Waals surface area (Å²) in [5.74, 6) is 2.70. The van der Waals surface area contributed by atoms with Crippen LogP contribution in [0.5, 0.6) is 11.5 Å². The fourth-order valence-electron chi connectivity index (χ4n) is 2.43. The molecule has 0 amide bonds. The van der Waals surface area contributed by atoms with Crippen molar-refractivity contribution in [2.45, 2.75) is 38.3 Å². The molecule has 0 bridgehead atoms. The molecular weight excluding hydrogens is 226 g/mol. The lowest BCUT2D eigenvalue weighted by atomic mass is 10.1. The second-order valence-corrected chi connectivity index (χ2v) is 5.49. The average molecular weight is 247 g/mol. The van der Waals surface area contributed by atoms with Crippen molar-refractivity contribution in [2.24, 2.45) is 5.92 Å². The van der Waals surface area contributed by atoms with E-state index in [1.165, 1.54) is 19.3 Å². The first-order chi connectivity index (χ1) is 8.81. The van der Waals surface area contributed by atoms with Crippen molar-refractivity contribution in [2.75, 3.05) is 13.2 Å². The van der Waals surface area contributed by atoms with Gasteiger partial charge in [0, 0.05) is 12.6 Å². The van der Waals surface area contributed by atoms with Gasteiger partial charge >= 0.3 is 0 Å². The van der Waals surface area contributed by atoms with E-state index in [4.69, 9.17) is 9.47 Å². The molecule has 1 saturated carbocycles. The largest absolute Gasteiger partial charge is 0.486 e. The summed E-state index contributed by atoms with van der Waals surface area (Å²) < 4.78 is 11.6. The molecule has 2 unspecified atom stereocenters. The van der Waals surface area contributed by atoms with Gasteiger partial charge in [0.1, 0.15) is 12.7 Å². The fourth-order valence-corrected chi connectivity index (χ4v) is 2.43. The second kappa shape index (κ2) is 5.19. The molecule has 1 fully saturated rings. The Balaban J connectivity index is 1.47. The Morgan fingerprint density at radius 1 is 1.28 bits per heavy atom. The molecule has 98 valence electrons. The number of hydrogen-bond acceptors (Lipinski definition) is 3. The van der Waals surface area contributed by atoms with Gasteiger partial charge in [0.25, 0.3) is 0 Å². The van der Waals surface area contributed by atoms with E-state index in [9.17, 15) is 0 Å². The number of ether oxygens (including phenoxy) is 2. The zero-order chi connectivity index (χ0) is 12.4. The van der Waals surface area contributed by atoms with Crippen LogP contribution in [0.25, 0.3) is 0 Å². The van der Waals surface area contributed by atoms with Gasteiger partial charge in [0.2, 0.25) is 0 Å². The van der Waals surface area contributed by atoms with Crippen molar-refractivity contribution in [1.82, 2.24) is 5.32 Å². The minimum Gasteiger partial charge on any atom is -0.486 e. The Bertz CT molecular complexity index is 403. The van der Waals surface area contributed by atoms with Crippen LogP contribution in [-0.4, -0.2) is 25.3 Å². The van der Waals surface area contributed by atoms with Gasteiger partial charge in [0.15, 0.2) is 11.5 Å². The fraction of sp³-hybridized carbons (Fsp3) is 0.600. The normalized spacial score (nSPS) is 23.7. The lowest BCUT2D eigenvalue weighted by molar-refractivity contribution is 0.0882. The van der Waals surface area contributed by atoms with Gasteiger partial charge in [0.05, 0.1) is 0 Å². The molecule has 3 nitrogen and oxygen atoms in total. The molecule has 1 aliphatic heterocycles. The topological polar surface area (TPSA) is 30.5 Å². The third kappa shape index (κ3) is 2.96. The highest BCUT2D eigenvalue weighted by Gasteiger charge is 2.25. The van der Waals surface area contributed by atoms with Crippen LogP contribution >= 0.6 is 0 Å². The third-order valence-electron chi connectivity index (χ3n) is 3.65. The summed E-state index contributed by atoms with van der Waals surface area (Å²) in [6.07, 6.45) is 4.26. The number of benzene rings is 1. The smallest absolute Gasteiger partial charge is 0.161 e. The van der Waals surface area contributed by atoms with Gasteiger partial charge in [-0.1, -0.05) is 25.0 Å². The van der Waals surface area contributed by atoms with E-state index in [1.54, 1.807) is 0 Å². The van der Waals surface area contributed by atoms with Crippen LogP contribution in [0.3, 0.4) is 0 Å². The molecule has 0 aromatic heterocycles. The van der Waals surface area contributed by atoms with Crippen LogP contribution in [0.1, 0.15) is 26.2 Å². The van der Waals surface area contributed by atoms with Gasteiger partial charge in [-0.15, -0.1) is 0 Å². The monoisotopic (exact) mass is 247 g/mol. The maximum atomic E-state index is 5.92. The van der Waals surface area contributed by atoms with Gasteiger partial charge in [-0.2, -0.15) is 0 Å². The summed E-state index contributed by atoms with van der Waals surface area (Å²) in [6, 6.07) is 8.45. The van der Waals surface area contributed by atoms with Gasteiger partial charge in [-0.25, -0.2) is 0 Å². The SMILES string of the molecule is CC(CC1CC1)NCC1COc2ccccc2O1. The number of para-hydroxylation sites is 2. The number of nitrogens with one attached hydrogen (secondary N) is 1. The lowest BCUT2D eigenvalue weighted by Gasteiger charge is -2.27. The van der Waals surface area contributed by atoms with Crippen LogP contribution in [0.4, 0.5) is 0 Å². The summed E-state index contributed by atoms with van der Waals surface area (Å²) in [7, 11) is 0. The molecule has 18 heavy (non-hydrogen) atoms. The molecule has 0 saturated heterocycles. The van der Waals surface area contributed by atoms with E-state index in [0.29, 0.717) is 12.6 Å². The summed E-state index contributed by atoms with van der Waals surface area (Å²) in [5, 5.41) is 3.55. The molecule has 3 rings (SSSR count). The highest BCUT2D eigenvalue weighted by atomic mass is 16.6. The van der Waals surface area contributed by atoms with Crippen LogP contribution < -0.4 is 14.8 Å². The molecule has 0 radical (unpaired) electrons. The van der Waals surface area contributed by atoms with E-state index in [-0.39, 0.29) is 6.10 Å². The van der Waals surface area contributed by atoms with Crippen molar-refractivity contribution in [3.05, 3.63) is 24.3 Å². The first-order valence-corrected chi connectivity index (χ1v) is 6.93. The summed E-state index contributed by atoms with van der Waals surface area (Å²) in [5.41, 5.74) is 0. The predicted octanol–water partition coefficient (Wildman–Crippen LogP) is 2.60. The van der Waals surface area contributed by atoms with Crippen LogP contribution in [0.2, 0.25) is 0 Å². The van der Waals surface area contributed by atoms with Crippen molar-refractivity contribution >= 4 is 0 Å². The number of fused-ring (bicyclic) bond motifs is 1. The van der Waals surface area contributed by atoms with Crippen molar-refractivity contribution in [3.8, 4) is 11.5 Å². The quantitative estimate of drug-likeness (QED) is 0.867. The molecular formula is C15H21NO2. The average Bonchev–Trinajstić information content (AvgIpc) is 3.20. The first-order valence-electron chi connectivity index (χ1n) is 6.93. The zero-order valence-corrected chi connectivity index (χ0v) is 10.9. The molecule has 2 atom stereocenters. The summed E-state index contributed by atoms with van der Waals surface area (Å²) in [4.78, 5) is 0. The van der Waals surface area contributed by atoms with Crippen LogP contribution in [0.15, 0.2) is 24.3 Å². The minimum absolute atomic E-state index is 0.126. The van der Waals surface area contributed by atoms with Gasteiger partial charge in [-0.3, -0.25) is 0 Å². The molecule has 1 aromatic carbocycles. The standard InChI is InChI=1S/C15H21NO2/c1-11(8-12-6-7-12)16-9-13-10-17-14-4-2-3-5-15(14)18-13/h2-5,11-13,16H,6-10H2,1H3. The Kier molecular flexibility index (Phi) is 3.41. The van der Waals surface area contributed by atoms with Crippen LogP contribution in [0, 0.1) is 5.92 Å². The molecule has 3 heteroatoms. The molecule has 1 aromatic rings. The molecule has 1 aliphatic carbocycles. The van der Waals surface area contributed by atoms with E-state index < -0.39 is 0 Å². The maximum Gasteiger partial charge on any atom is 0.161 e. The predicted molar refractivity (Wildman–Crippen MR) is 71.2 cm³/mol. The lowest BCUT2D eigenvalue weighted by Crippen LogP contribution is -2.41. The second-order valence-electron chi connectivity index (χ2n) is 5.49. The molecule has 0 spiro atoms. The van der Waals surface area contributed by atoms with E-state index >= 15 is 0 Å². The Labute approximate surface area is 108 Å². The third-order valence-corrected chi connectivity index (χ3v) is 3.65. The van der Waals surface area contributed by atoms with E-state index in [0.717, 1.165) is 24.0 Å². The van der Waals surface area contributed by atoms with Crippen LogP contribution in [-0.2, 0) is 0 Å². The van der Waals surface area contributed by atoms with Crippen molar-refractivity contribution < 1.29 is 9.47 Å². The van der Waals surface area contributed by atoms with Gasteiger partial charge in [-0.05, 0) is 31.4 Å². The maximum absolute atomic E-state index is 5.92. The highest BCUT2D eigenvalue weighted by Crippen LogP contribution is 2.33. The minimum atomic E-state index is 0.126.